The Labute approximate surface area is 231 Å². The van der Waals surface area contributed by atoms with Crippen LogP contribution in [0.15, 0.2) is 28.2 Å². The van der Waals surface area contributed by atoms with E-state index in [9.17, 15) is 19.8 Å². The summed E-state index contributed by atoms with van der Waals surface area (Å²) in [5, 5.41) is 31.9. The Morgan fingerprint density at radius 2 is 2.00 bits per heavy atom. The molecular formula is C26H37N9O5. The number of amides is 3. The predicted molar refractivity (Wildman–Crippen MR) is 146 cm³/mol. The molecule has 4 heterocycles. The van der Waals surface area contributed by atoms with Gasteiger partial charge in [0.1, 0.15) is 17.8 Å². The minimum Gasteiger partial charge on any atom is -0.492 e. The summed E-state index contributed by atoms with van der Waals surface area (Å²) in [6.45, 7) is 4.63. The van der Waals surface area contributed by atoms with Crippen LogP contribution in [0.4, 0.5) is 4.79 Å². The first-order valence-electron chi connectivity index (χ1n) is 13.6. The minimum absolute atomic E-state index is 0.00911. The molecule has 1 saturated heterocycles. The molecule has 1 aromatic carbocycles. The van der Waals surface area contributed by atoms with Crippen LogP contribution in [0.3, 0.4) is 0 Å². The van der Waals surface area contributed by atoms with E-state index in [1.807, 2.05) is 6.07 Å². The van der Waals surface area contributed by atoms with Crippen molar-refractivity contribution in [3.05, 3.63) is 29.3 Å². The molecule has 1 spiro atoms. The van der Waals surface area contributed by atoms with E-state index in [-0.39, 0.29) is 42.5 Å². The van der Waals surface area contributed by atoms with Crippen molar-refractivity contribution < 1.29 is 24.5 Å². The van der Waals surface area contributed by atoms with E-state index in [2.05, 4.69) is 39.8 Å². The van der Waals surface area contributed by atoms with Gasteiger partial charge in [0.25, 0.3) is 5.91 Å². The molecule has 4 atom stereocenters. The highest BCUT2D eigenvalue weighted by molar-refractivity contribution is 5.98. The van der Waals surface area contributed by atoms with Crippen LogP contribution in [-0.4, -0.2) is 106 Å². The van der Waals surface area contributed by atoms with Gasteiger partial charge in [-0.2, -0.15) is 0 Å². The molecule has 6 rings (SSSR count). The second kappa shape index (κ2) is 8.86. The molecule has 0 bridgehead atoms. The number of nitrogens with two attached hydrogens (primary N) is 2. The average molecular weight is 556 g/mol. The maximum Gasteiger partial charge on any atom is 0.317 e. The number of guanidine groups is 2. The number of carbonyl (C=O) groups is 2. The number of nitrogens with one attached hydrogen (secondary N) is 3. The van der Waals surface area contributed by atoms with Gasteiger partial charge in [0.05, 0.1) is 18.2 Å². The van der Waals surface area contributed by atoms with Crippen molar-refractivity contribution in [2.45, 2.75) is 74.1 Å². The molecule has 14 nitrogen and oxygen atoms in total. The molecule has 216 valence electrons. The summed E-state index contributed by atoms with van der Waals surface area (Å²) in [5.74, 6) is -2.63. The summed E-state index contributed by atoms with van der Waals surface area (Å²) >= 11 is 0. The molecule has 1 saturated carbocycles. The number of carbonyl (C=O) groups excluding carboxylic acids is 2. The fourth-order valence-electron chi connectivity index (χ4n) is 6.38. The molecule has 14 heteroatoms. The third kappa shape index (κ3) is 3.84. The number of ether oxygens (including phenoxy) is 1. The van der Waals surface area contributed by atoms with Gasteiger partial charge in [-0.3, -0.25) is 4.79 Å². The van der Waals surface area contributed by atoms with Crippen molar-refractivity contribution in [2.24, 2.45) is 21.5 Å². The Kier molecular flexibility index (Phi) is 5.86. The zero-order valence-corrected chi connectivity index (χ0v) is 22.8. The number of benzene rings is 1. The normalized spacial score (nSPS) is 30.9. The fourth-order valence-corrected chi connectivity index (χ4v) is 6.38. The molecule has 5 aliphatic rings. The summed E-state index contributed by atoms with van der Waals surface area (Å²) in [6, 6.07) is 2.47. The van der Waals surface area contributed by atoms with E-state index in [0.29, 0.717) is 17.9 Å². The van der Waals surface area contributed by atoms with E-state index in [1.54, 1.807) is 24.1 Å². The van der Waals surface area contributed by atoms with Crippen LogP contribution in [0, 0.1) is 0 Å². The van der Waals surface area contributed by atoms with Gasteiger partial charge < -0.3 is 52.2 Å². The van der Waals surface area contributed by atoms with Crippen LogP contribution < -0.4 is 32.2 Å². The third-order valence-electron chi connectivity index (χ3n) is 8.95. The van der Waals surface area contributed by atoms with Crippen molar-refractivity contribution in [3.8, 4) is 5.75 Å². The van der Waals surface area contributed by atoms with Crippen LogP contribution in [0.25, 0.3) is 0 Å². The number of aliphatic hydroxyl groups is 2. The van der Waals surface area contributed by atoms with E-state index in [1.165, 1.54) is 4.90 Å². The SMILES string of the molecule is CN(C(=O)NC[C@@H]1N=C(N)N2C[C@H](NC(=O)c3cccc4c3OCCC4(C)C)C(O)(O)[C@@]23NC(N)=N[C@@H]13)C1CC1. The number of nitrogens with zero attached hydrogens (tertiary/aromatic N) is 4. The quantitative estimate of drug-likeness (QED) is 0.207. The molecule has 3 amide bonds. The molecule has 9 N–H and O–H groups in total. The second-order valence-electron chi connectivity index (χ2n) is 12.0. The topological polar surface area (TPSA) is 203 Å². The standard InChI is InChI=1S/C26H37N9O5/c1-24(2)9-10-40-18-14(5-4-6-15(18)24)20(36)31-17-12-35-22(28)30-16(11-29-23(37)34(3)13-7-8-13)19-25(35,26(17,38)39)33-21(27)32-19/h4-6,13,16-17,19,38-39H,7-12H2,1-3H3,(H2,28,30)(H,29,37)(H,31,36)(H3,27,32,33)/t16-,17-,19-,25-/m0/s1. The number of rotatable bonds is 5. The van der Waals surface area contributed by atoms with Crippen molar-refractivity contribution in [1.82, 2.24) is 25.8 Å². The summed E-state index contributed by atoms with van der Waals surface area (Å²) in [5.41, 5.74) is 11.7. The van der Waals surface area contributed by atoms with Gasteiger partial charge >= 0.3 is 6.03 Å². The molecule has 40 heavy (non-hydrogen) atoms. The van der Waals surface area contributed by atoms with Gasteiger partial charge in [0.2, 0.25) is 5.79 Å². The van der Waals surface area contributed by atoms with Crippen LogP contribution in [0.1, 0.15) is 49.0 Å². The minimum atomic E-state index is -2.58. The number of urea groups is 1. The monoisotopic (exact) mass is 555 g/mol. The lowest BCUT2D eigenvalue weighted by molar-refractivity contribution is -0.230. The largest absolute Gasteiger partial charge is 0.492 e. The molecule has 0 unspecified atom stereocenters. The average Bonchev–Trinajstić information content (AvgIpc) is 3.64. The predicted octanol–water partition coefficient (Wildman–Crippen LogP) is -1.67. The van der Waals surface area contributed by atoms with Crippen LogP contribution in [0.2, 0.25) is 0 Å². The van der Waals surface area contributed by atoms with Crippen molar-refractivity contribution >= 4 is 23.9 Å². The number of fused-ring (bicyclic) bond motifs is 1. The Hall–Kier alpha value is -3.78. The van der Waals surface area contributed by atoms with Crippen LogP contribution in [0.5, 0.6) is 5.75 Å². The van der Waals surface area contributed by atoms with Gasteiger partial charge in [0.15, 0.2) is 17.6 Å². The molecule has 1 aromatic rings. The maximum atomic E-state index is 13.6. The molecular weight excluding hydrogens is 518 g/mol. The zero-order valence-electron chi connectivity index (χ0n) is 22.8. The first-order valence-corrected chi connectivity index (χ1v) is 13.6. The first-order chi connectivity index (χ1) is 18.9. The second-order valence-corrected chi connectivity index (χ2v) is 12.0. The maximum absolute atomic E-state index is 13.6. The number of para-hydroxylation sites is 1. The van der Waals surface area contributed by atoms with Crippen LogP contribution in [-0.2, 0) is 5.41 Å². The zero-order chi connectivity index (χ0) is 28.6. The van der Waals surface area contributed by atoms with Gasteiger partial charge in [-0.15, -0.1) is 0 Å². The highest BCUT2D eigenvalue weighted by Crippen LogP contribution is 2.45. The summed E-state index contributed by atoms with van der Waals surface area (Å²) < 4.78 is 5.90. The van der Waals surface area contributed by atoms with E-state index in [4.69, 9.17) is 16.2 Å². The first kappa shape index (κ1) is 26.4. The summed E-state index contributed by atoms with van der Waals surface area (Å²) in [4.78, 5) is 38.2. The lowest BCUT2D eigenvalue weighted by Crippen LogP contribution is -2.78. The number of aliphatic imine (C=N–C) groups is 2. The number of hydrogen-bond acceptors (Lipinski definition) is 11. The van der Waals surface area contributed by atoms with Gasteiger partial charge in [-0.25, -0.2) is 14.8 Å². The fraction of sp³-hybridized carbons (Fsp3) is 0.615. The number of hydrogen-bond donors (Lipinski definition) is 7. The summed E-state index contributed by atoms with van der Waals surface area (Å²) in [6.07, 6.45) is 2.74. The van der Waals surface area contributed by atoms with Crippen molar-refractivity contribution in [3.63, 3.8) is 0 Å². The molecule has 1 aliphatic carbocycles. The Morgan fingerprint density at radius 3 is 2.73 bits per heavy atom. The van der Waals surface area contributed by atoms with Gasteiger partial charge in [-0.05, 0) is 30.7 Å². The third-order valence-corrected chi connectivity index (χ3v) is 8.95. The molecule has 4 aliphatic heterocycles. The molecule has 0 aromatic heterocycles. The lowest BCUT2D eigenvalue weighted by Gasteiger charge is -2.49. The Bertz CT molecular complexity index is 1310. The summed E-state index contributed by atoms with van der Waals surface area (Å²) in [7, 11) is 1.73. The highest BCUT2D eigenvalue weighted by Gasteiger charge is 2.73. The Balaban J connectivity index is 1.26. The van der Waals surface area contributed by atoms with E-state index < -0.39 is 35.5 Å². The lowest BCUT2D eigenvalue weighted by atomic mass is 9.79. The highest BCUT2D eigenvalue weighted by atomic mass is 16.5. The smallest absolute Gasteiger partial charge is 0.317 e. The van der Waals surface area contributed by atoms with Gasteiger partial charge in [-0.1, -0.05) is 26.0 Å². The van der Waals surface area contributed by atoms with E-state index >= 15 is 0 Å². The van der Waals surface area contributed by atoms with Crippen LogP contribution >= 0.6 is 0 Å². The molecule has 0 radical (unpaired) electrons. The van der Waals surface area contributed by atoms with E-state index in [0.717, 1.165) is 24.8 Å². The van der Waals surface area contributed by atoms with Gasteiger partial charge in [0, 0.05) is 31.7 Å². The van der Waals surface area contributed by atoms with Crippen molar-refractivity contribution in [1.29, 1.82) is 0 Å². The Morgan fingerprint density at radius 1 is 1.25 bits per heavy atom. The molecule has 2 fully saturated rings. The van der Waals surface area contributed by atoms with Crippen molar-refractivity contribution in [2.75, 3.05) is 26.7 Å².